The van der Waals surface area contributed by atoms with Crippen LogP contribution in [0.3, 0.4) is 0 Å². The second kappa shape index (κ2) is 5.35. The lowest BCUT2D eigenvalue weighted by Gasteiger charge is -2.29. The second-order valence-corrected chi connectivity index (χ2v) is 5.16. The summed E-state index contributed by atoms with van der Waals surface area (Å²) < 4.78 is 0. The number of hydrogen-bond donors (Lipinski definition) is 1. The summed E-state index contributed by atoms with van der Waals surface area (Å²) in [4.78, 5) is 12.2. The van der Waals surface area contributed by atoms with E-state index in [1.54, 1.807) is 0 Å². The quantitative estimate of drug-likeness (QED) is 0.831. The van der Waals surface area contributed by atoms with E-state index in [0.717, 1.165) is 17.5 Å². The molecule has 0 spiro atoms. The van der Waals surface area contributed by atoms with Crippen molar-refractivity contribution in [3.8, 4) is 0 Å². The highest BCUT2D eigenvalue weighted by atomic mass is 16.1. The van der Waals surface area contributed by atoms with Gasteiger partial charge in [0.1, 0.15) is 0 Å². The number of amides is 1. The van der Waals surface area contributed by atoms with E-state index in [2.05, 4.69) is 12.2 Å². The number of rotatable bonds is 2. The molecule has 0 heterocycles. The maximum absolute atomic E-state index is 12.2. The van der Waals surface area contributed by atoms with Gasteiger partial charge in [0.2, 0.25) is 0 Å². The molecular weight excluding hydrogens is 210 g/mol. The summed E-state index contributed by atoms with van der Waals surface area (Å²) >= 11 is 0. The van der Waals surface area contributed by atoms with Gasteiger partial charge in [-0.1, -0.05) is 38.0 Å². The Kier molecular flexibility index (Phi) is 3.82. The van der Waals surface area contributed by atoms with Gasteiger partial charge in [0.25, 0.3) is 5.91 Å². The third-order valence-electron chi connectivity index (χ3n) is 3.82. The molecule has 92 valence electrons. The zero-order valence-electron chi connectivity index (χ0n) is 10.7. The van der Waals surface area contributed by atoms with Crippen molar-refractivity contribution in [1.82, 2.24) is 5.32 Å². The third-order valence-corrected chi connectivity index (χ3v) is 3.82. The van der Waals surface area contributed by atoms with Crippen LogP contribution < -0.4 is 5.32 Å². The molecule has 2 heteroatoms. The Bertz CT molecular complexity index is 400. The molecule has 1 aromatic carbocycles. The Balaban J connectivity index is 2.04. The van der Waals surface area contributed by atoms with Gasteiger partial charge in [-0.15, -0.1) is 0 Å². The number of benzene rings is 1. The van der Waals surface area contributed by atoms with Gasteiger partial charge in [-0.3, -0.25) is 4.79 Å². The average molecular weight is 231 g/mol. The molecule has 17 heavy (non-hydrogen) atoms. The molecule has 1 amide bonds. The smallest absolute Gasteiger partial charge is 0.251 e. The van der Waals surface area contributed by atoms with Gasteiger partial charge in [0.15, 0.2) is 0 Å². The fourth-order valence-corrected chi connectivity index (χ4v) is 2.60. The third kappa shape index (κ3) is 2.87. The monoisotopic (exact) mass is 231 g/mol. The fourth-order valence-electron chi connectivity index (χ4n) is 2.60. The van der Waals surface area contributed by atoms with E-state index in [4.69, 9.17) is 0 Å². The van der Waals surface area contributed by atoms with Gasteiger partial charge in [-0.2, -0.15) is 0 Å². The first-order chi connectivity index (χ1) is 8.18. The van der Waals surface area contributed by atoms with Crippen LogP contribution in [-0.2, 0) is 0 Å². The summed E-state index contributed by atoms with van der Waals surface area (Å²) in [7, 11) is 0. The van der Waals surface area contributed by atoms with Crippen molar-refractivity contribution < 1.29 is 4.79 Å². The lowest BCUT2D eigenvalue weighted by Crippen LogP contribution is -2.41. The van der Waals surface area contributed by atoms with Crippen molar-refractivity contribution in [2.75, 3.05) is 0 Å². The molecule has 0 aliphatic heterocycles. The van der Waals surface area contributed by atoms with E-state index in [1.165, 1.54) is 19.3 Å². The van der Waals surface area contributed by atoms with Gasteiger partial charge >= 0.3 is 0 Å². The number of hydrogen-bond acceptors (Lipinski definition) is 1. The van der Waals surface area contributed by atoms with E-state index in [1.807, 2.05) is 31.2 Å². The molecule has 2 atom stereocenters. The number of aryl methyl sites for hydroxylation is 1. The lowest BCUT2D eigenvalue weighted by atomic mass is 9.86. The summed E-state index contributed by atoms with van der Waals surface area (Å²) in [5.41, 5.74) is 1.86. The van der Waals surface area contributed by atoms with Gasteiger partial charge in [-0.05, 0) is 37.3 Å². The molecule has 1 aliphatic carbocycles. The Hall–Kier alpha value is -1.31. The molecule has 0 aromatic heterocycles. The topological polar surface area (TPSA) is 29.1 Å². The number of carbonyl (C=O) groups excluding carboxylic acids is 1. The maximum Gasteiger partial charge on any atom is 0.251 e. The standard InChI is InChI=1S/C15H21NO/c1-11-7-3-5-9-13(11)15(17)16-14-10-6-4-8-12(14)2/h3,5,7,9,12,14H,4,6,8,10H2,1-2H3,(H,16,17)/t12-,14+/m0/s1. The Morgan fingerprint density at radius 2 is 1.94 bits per heavy atom. The van der Waals surface area contributed by atoms with E-state index in [0.29, 0.717) is 12.0 Å². The Labute approximate surface area is 103 Å². The van der Waals surface area contributed by atoms with Crippen molar-refractivity contribution in [3.05, 3.63) is 35.4 Å². The van der Waals surface area contributed by atoms with E-state index in [9.17, 15) is 4.79 Å². The Morgan fingerprint density at radius 3 is 2.65 bits per heavy atom. The SMILES string of the molecule is Cc1ccccc1C(=O)N[C@@H]1CCCC[C@@H]1C. The summed E-state index contributed by atoms with van der Waals surface area (Å²) in [5, 5.41) is 3.19. The van der Waals surface area contributed by atoms with Crippen LogP contribution in [0, 0.1) is 12.8 Å². The average Bonchev–Trinajstić information content (AvgIpc) is 2.32. The van der Waals surface area contributed by atoms with Gasteiger partial charge in [-0.25, -0.2) is 0 Å². The molecule has 1 saturated carbocycles. The van der Waals surface area contributed by atoms with Crippen LogP contribution >= 0.6 is 0 Å². The van der Waals surface area contributed by atoms with Crippen LogP contribution in [0.15, 0.2) is 24.3 Å². The van der Waals surface area contributed by atoms with Crippen LogP contribution in [0.2, 0.25) is 0 Å². The van der Waals surface area contributed by atoms with Gasteiger partial charge in [0.05, 0.1) is 0 Å². The number of nitrogens with one attached hydrogen (secondary N) is 1. The largest absolute Gasteiger partial charge is 0.349 e. The van der Waals surface area contributed by atoms with Crippen molar-refractivity contribution in [2.45, 2.75) is 45.6 Å². The predicted molar refractivity (Wildman–Crippen MR) is 70.1 cm³/mol. The summed E-state index contributed by atoms with van der Waals surface area (Å²) in [6.45, 7) is 4.22. The van der Waals surface area contributed by atoms with Crippen molar-refractivity contribution >= 4 is 5.91 Å². The van der Waals surface area contributed by atoms with Crippen LogP contribution in [0.5, 0.6) is 0 Å². The van der Waals surface area contributed by atoms with Crippen LogP contribution in [0.25, 0.3) is 0 Å². The zero-order chi connectivity index (χ0) is 12.3. The van der Waals surface area contributed by atoms with Crippen molar-refractivity contribution in [2.24, 2.45) is 5.92 Å². The molecule has 0 radical (unpaired) electrons. The first-order valence-electron chi connectivity index (χ1n) is 6.55. The molecule has 0 bridgehead atoms. The highest BCUT2D eigenvalue weighted by Crippen LogP contribution is 2.24. The molecule has 2 rings (SSSR count). The predicted octanol–water partition coefficient (Wildman–Crippen LogP) is 3.30. The molecule has 1 aliphatic rings. The van der Waals surface area contributed by atoms with Crippen LogP contribution in [0.1, 0.15) is 48.5 Å². The second-order valence-electron chi connectivity index (χ2n) is 5.16. The van der Waals surface area contributed by atoms with Crippen LogP contribution in [-0.4, -0.2) is 11.9 Å². The minimum atomic E-state index is 0.0850. The maximum atomic E-state index is 12.2. The molecule has 2 nitrogen and oxygen atoms in total. The summed E-state index contributed by atoms with van der Waals surface area (Å²) in [5.74, 6) is 0.693. The normalized spacial score (nSPS) is 24.4. The van der Waals surface area contributed by atoms with Crippen molar-refractivity contribution in [3.63, 3.8) is 0 Å². The fraction of sp³-hybridized carbons (Fsp3) is 0.533. The molecular formula is C15H21NO. The Morgan fingerprint density at radius 1 is 1.24 bits per heavy atom. The summed E-state index contributed by atoms with van der Waals surface area (Å²) in [6, 6.07) is 8.13. The zero-order valence-corrected chi connectivity index (χ0v) is 10.7. The van der Waals surface area contributed by atoms with E-state index >= 15 is 0 Å². The van der Waals surface area contributed by atoms with Crippen LogP contribution in [0.4, 0.5) is 0 Å². The van der Waals surface area contributed by atoms with Gasteiger partial charge in [0, 0.05) is 11.6 Å². The molecule has 1 fully saturated rings. The molecule has 0 unspecified atom stereocenters. The molecule has 1 N–H and O–H groups in total. The van der Waals surface area contributed by atoms with E-state index < -0.39 is 0 Å². The van der Waals surface area contributed by atoms with Gasteiger partial charge < -0.3 is 5.32 Å². The summed E-state index contributed by atoms with van der Waals surface area (Å²) in [6.07, 6.45) is 4.90. The number of carbonyl (C=O) groups is 1. The lowest BCUT2D eigenvalue weighted by molar-refractivity contribution is 0.0909. The first-order valence-corrected chi connectivity index (χ1v) is 6.55. The van der Waals surface area contributed by atoms with Crippen molar-refractivity contribution in [1.29, 1.82) is 0 Å². The highest BCUT2D eigenvalue weighted by molar-refractivity contribution is 5.95. The van der Waals surface area contributed by atoms with E-state index in [-0.39, 0.29) is 5.91 Å². The minimum Gasteiger partial charge on any atom is -0.349 e. The molecule has 1 aromatic rings. The first kappa shape index (κ1) is 12.2. The highest BCUT2D eigenvalue weighted by Gasteiger charge is 2.23. The molecule has 0 saturated heterocycles. The minimum absolute atomic E-state index is 0.0850.